The van der Waals surface area contributed by atoms with Crippen LogP contribution in [0.3, 0.4) is 0 Å². The Morgan fingerprint density at radius 1 is 0.283 bits per heavy atom. The van der Waals surface area contributed by atoms with E-state index in [1.54, 1.807) is 18.2 Å². The summed E-state index contributed by atoms with van der Waals surface area (Å²) in [5.74, 6) is 0. The monoisotopic (exact) mass is 602 g/mol. The van der Waals surface area contributed by atoms with Gasteiger partial charge in [-0.3, -0.25) is 0 Å². The van der Waals surface area contributed by atoms with Crippen molar-refractivity contribution in [3.63, 3.8) is 0 Å². The summed E-state index contributed by atoms with van der Waals surface area (Å²) in [5, 5.41) is -0.636. The Balaban J connectivity index is 1.50. The lowest BCUT2D eigenvalue weighted by molar-refractivity contribution is 1.60. The van der Waals surface area contributed by atoms with Crippen molar-refractivity contribution < 1.29 is 27.4 Å². The minimum atomic E-state index is -0.803. The summed E-state index contributed by atoms with van der Waals surface area (Å²) >= 11 is 0. The highest BCUT2D eigenvalue weighted by Gasteiger charge is 2.15. The van der Waals surface area contributed by atoms with Crippen LogP contribution in [0.4, 0.5) is 0 Å². The van der Waals surface area contributed by atoms with Gasteiger partial charge in [0.05, 0.1) is 27.4 Å². The summed E-state index contributed by atoms with van der Waals surface area (Å²) < 4.78 is 178. The van der Waals surface area contributed by atoms with Gasteiger partial charge in [0, 0.05) is 0 Å². The highest BCUT2D eigenvalue weighted by Crippen LogP contribution is 2.41. The van der Waals surface area contributed by atoms with E-state index in [0.717, 1.165) is 10.8 Å². The molecule has 9 rings (SSSR count). The third-order valence-electron chi connectivity index (χ3n) is 7.97. The molecule has 0 aliphatic carbocycles. The zero-order valence-corrected chi connectivity index (χ0v) is 23.8. The van der Waals surface area contributed by atoms with Crippen LogP contribution in [0.2, 0.25) is 0 Å². The molecule has 0 unspecified atom stereocenters. The Morgan fingerprint density at radius 3 is 1.48 bits per heavy atom. The van der Waals surface area contributed by atoms with Crippen molar-refractivity contribution >= 4 is 43.1 Å². The van der Waals surface area contributed by atoms with Crippen LogP contribution in [0.1, 0.15) is 27.4 Å². The molecule has 0 bridgehead atoms. The van der Waals surface area contributed by atoms with Gasteiger partial charge in [0.2, 0.25) is 0 Å². The average molecular weight is 603 g/mol. The second-order valence-corrected chi connectivity index (χ2v) is 10.6. The second kappa shape index (κ2) is 10.9. The standard InChI is InChI=1S/C46H30/c1-2-14-34-27-35(24-23-31(34)11-1)36-28-37(41-21-9-15-32-12-3-5-17-39(32)41)30-38(29-36)42-25-26-46(45-20-8-7-19-43(42)45)44-22-10-16-33-13-4-6-18-40(33)44/h1-30H/i3D,4D,5D,6D,7D,8D,9D,10D,12D,13D,15D,16D,17D,18D,19D,20D,21D,22D,25D,26D. The smallest absolute Gasteiger partial charge is 0.0616 e. The van der Waals surface area contributed by atoms with Crippen molar-refractivity contribution in [2.45, 2.75) is 0 Å². The lowest BCUT2D eigenvalue weighted by atomic mass is 9.87. The number of hydrogen-bond donors (Lipinski definition) is 0. The largest absolute Gasteiger partial charge is 0.0630 e. The molecule has 0 nitrogen and oxygen atoms in total. The van der Waals surface area contributed by atoms with Gasteiger partial charge in [-0.25, -0.2) is 0 Å². The summed E-state index contributed by atoms with van der Waals surface area (Å²) in [7, 11) is 0. The van der Waals surface area contributed by atoms with Crippen molar-refractivity contribution in [2.75, 3.05) is 0 Å². The van der Waals surface area contributed by atoms with Crippen LogP contribution in [0.15, 0.2) is 182 Å². The third-order valence-corrected chi connectivity index (χ3v) is 7.97. The second-order valence-electron chi connectivity index (χ2n) is 10.6. The van der Waals surface area contributed by atoms with E-state index in [1.807, 2.05) is 36.4 Å². The van der Waals surface area contributed by atoms with E-state index in [0.29, 0.717) is 11.1 Å². The molecule has 0 atom stereocenters. The maximum Gasteiger partial charge on any atom is 0.0630 e. The fraction of sp³-hybridized carbons (Fsp3) is 0. The first kappa shape index (κ1) is 13.2. The highest BCUT2D eigenvalue weighted by molar-refractivity contribution is 6.10. The minimum Gasteiger partial charge on any atom is -0.0616 e. The molecule has 0 heterocycles. The Bertz CT molecular complexity index is 3690. The van der Waals surface area contributed by atoms with E-state index in [1.165, 1.54) is 6.07 Å². The number of hydrogen-bond acceptors (Lipinski definition) is 0. The first-order valence-corrected chi connectivity index (χ1v) is 14.3. The van der Waals surface area contributed by atoms with Crippen molar-refractivity contribution in [3.8, 4) is 44.5 Å². The fourth-order valence-electron chi connectivity index (χ4n) is 5.82. The first-order chi connectivity index (χ1) is 31.1. The molecule has 0 aliphatic rings. The lowest BCUT2D eigenvalue weighted by Crippen LogP contribution is -1.90. The minimum absolute atomic E-state index is 0.00571. The molecule has 0 aromatic heterocycles. The van der Waals surface area contributed by atoms with Crippen molar-refractivity contribution in [1.29, 1.82) is 0 Å². The van der Waals surface area contributed by atoms with E-state index >= 15 is 0 Å². The van der Waals surface area contributed by atoms with Crippen LogP contribution in [0.25, 0.3) is 87.6 Å². The average Bonchev–Trinajstić information content (AvgIpc) is 3.31. The zero-order valence-electron chi connectivity index (χ0n) is 43.8. The zero-order chi connectivity index (χ0) is 47.9. The Hall–Kier alpha value is -5.98. The van der Waals surface area contributed by atoms with E-state index in [2.05, 4.69) is 0 Å². The van der Waals surface area contributed by atoms with Gasteiger partial charge in [-0.1, -0.05) is 157 Å². The quantitative estimate of drug-likeness (QED) is 0.188. The molecular weight excluding hydrogens is 553 g/mol. The lowest BCUT2D eigenvalue weighted by Gasteiger charge is -2.17. The predicted octanol–water partition coefficient (Wildman–Crippen LogP) is 13.0. The van der Waals surface area contributed by atoms with Gasteiger partial charge >= 0.3 is 0 Å². The first-order valence-electron chi connectivity index (χ1n) is 24.3. The number of rotatable bonds is 4. The molecule has 0 saturated heterocycles. The summed E-state index contributed by atoms with van der Waals surface area (Å²) in [4.78, 5) is 0. The van der Waals surface area contributed by atoms with Crippen LogP contribution < -0.4 is 0 Å². The molecule has 0 fully saturated rings. The van der Waals surface area contributed by atoms with Gasteiger partial charge in [-0.2, -0.15) is 0 Å². The normalized spacial score (nSPS) is 17.6. The van der Waals surface area contributed by atoms with Crippen molar-refractivity contribution in [3.05, 3.63) is 182 Å². The number of benzene rings is 9. The number of fused-ring (bicyclic) bond motifs is 4. The van der Waals surface area contributed by atoms with Gasteiger partial charge < -0.3 is 0 Å². The third kappa shape index (κ3) is 4.47. The van der Waals surface area contributed by atoms with E-state index in [9.17, 15) is 6.85 Å². The van der Waals surface area contributed by atoms with Gasteiger partial charge in [-0.05, 0) is 112 Å². The fourth-order valence-corrected chi connectivity index (χ4v) is 5.82. The maximum atomic E-state index is 9.72. The van der Waals surface area contributed by atoms with Crippen molar-refractivity contribution in [1.82, 2.24) is 0 Å². The van der Waals surface area contributed by atoms with Crippen LogP contribution in [-0.2, 0) is 0 Å². The van der Waals surface area contributed by atoms with Crippen LogP contribution in [0.5, 0.6) is 0 Å². The molecule has 46 heavy (non-hydrogen) atoms. The van der Waals surface area contributed by atoms with Gasteiger partial charge in [-0.15, -0.1) is 0 Å². The molecule has 0 spiro atoms. The van der Waals surface area contributed by atoms with Crippen LogP contribution in [0, 0.1) is 0 Å². The SMILES string of the molecule is [2H]c1c([2H])c([2H])c2c(-c3cc(-c4ccc5ccccc5c4)cc(-c4c([2H])c([2H])c(-c5c([2H])c([2H])c([2H])c6c([2H])c([2H])c([2H])c([2H])c56)c5c([2H])c([2H])c([2H])c([2H])c45)c3)c([2H])c([2H])c([2H])c2c1[2H]. The molecule has 0 saturated carbocycles. The molecule has 0 amide bonds. The Morgan fingerprint density at radius 2 is 0.761 bits per heavy atom. The van der Waals surface area contributed by atoms with E-state index in [-0.39, 0.29) is 38.4 Å². The molecule has 0 radical (unpaired) electrons. The molecule has 214 valence electrons. The van der Waals surface area contributed by atoms with Crippen molar-refractivity contribution in [2.24, 2.45) is 0 Å². The topological polar surface area (TPSA) is 0 Å². The van der Waals surface area contributed by atoms with E-state index < -0.39 is 148 Å². The van der Waals surface area contributed by atoms with Gasteiger partial charge in [0.1, 0.15) is 0 Å². The molecule has 0 N–H and O–H groups in total. The summed E-state index contributed by atoms with van der Waals surface area (Å²) in [6.07, 6.45) is 0. The molecule has 9 aromatic carbocycles. The van der Waals surface area contributed by atoms with Gasteiger partial charge in [0.15, 0.2) is 0 Å². The molecular formula is C46H30. The van der Waals surface area contributed by atoms with Gasteiger partial charge in [0.25, 0.3) is 0 Å². The highest BCUT2D eigenvalue weighted by atomic mass is 14.2. The Labute approximate surface area is 296 Å². The molecule has 9 aromatic rings. The summed E-state index contributed by atoms with van der Waals surface area (Å²) in [6.45, 7) is 0. The summed E-state index contributed by atoms with van der Waals surface area (Å²) in [6, 6.07) is 3.34. The molecule has 0 heteroatoms. The van der Waals surface area contributed by atoms with Crippen LogP contribution >= 0.6 is 0 Å². The predicted molar refractivity (Wildman–Crippen MR) is 198 cm³/mol. The molecule has 0 aliphatic heterocycles. The maximum absolute atomic E-state index is 9.72. The van der Waals surface area contributed by atoms with Crippen LogP contribution in [-0.4, -0.2) is 0 Å². The van der Waals surface area contributed by atoms with E-state index in [4.69, 9.17) is 20.6 Å². The summed E-state index contributed by atoms with van der Waals surface area (Å²) in [5.41, 5.74) is -0.521. The Kier molecular flexibility index (Phi) is 3.11.